The van der Waals surface area contributed by atoms with Crippen molar-refractivity contribution in [2.45, 2.75) is 31.3 Å². The molecule has 0 saturated carbocycles. The minimum absolute atomic E-state index is 0.0260. The fraction of sp³-hybridized carbons (Fsp3) is 0.333. The van der Waals surface area contributed by atoms with Crippen LogP contribution in [0, 0.1) is 0 Å². The van der Waals surface area contributed by atoms with E-state index in [1.54, 1.807) is 37.3 Å². The fourth-order valence-corrected chi connectivity index (χ4v) is 4.80. The molecule has 1 N–H and O–H groups in total. The quantitative estimate of drug-likeness (QED) is 0.587. The number of likely N-dealkylation sites (tertiary alicyclic amines) is 1. The van der Waals surface area contributed by atoms with Crippen molar-refractivity contribution >= 4 is 11.7 Å². The first-order valence-electron chi connectivity index (χ1n) is 11.8. The van der Waals surface area contributed by atoms with Crippen LogP contribution in [0.4, 0.5) is 0 Å². The highest BCUT2D eigenvalue weighted by atomic mass is 16.5. The summed E-state index contributed by atoms with van der Waals surface area (Å²) in [5.74, 6) is 2.01. The Morgan fingerprint density at radius 1 is 1.03 bits per heavy atom. The number of rotatable bonds is 5. The van der Waals surface area contributed by atoms with Crippen molar-refractivity contribution in [1.29, 1.82) is 0 Å². The molecule has 2 aliphatic rings. The molecule has 3 heterocycles. The van der Waals surface area contributed by atoms with Crippen molar-refractivity contribution < 1.29 is 23.8 Å². The van der Waals surface area contributed by atoms with Crippen LogP contribution < -0.4 is 19.8 Å². The topological polar surface area (TPSA) is 111 Å². The molecule has 5 rings (SSSR count). The number of aromatic nitrogens is 2. The Bertz CT molecular complexity index is 1360. The standard InChI is InChI=1S/C27H27N3O6/c1-34-18-5-3-17(4-6-18)13-24-28-21(15-25(32)29-24)26(33)30-11-9-27(10-12-30)16-22(31)20-8-7-19(35-2)14-23(20)36-27/h3-8,14-15H,9-13,16H2,1-2H3,(H,28,29,32). The van der Waals surface area contributed by atoms with Gasteiger partial charge in [0.15, 0.2) is 5.78 Å². The first-order chi connectivity index (χ1) is 17.4. The van der Waals surface area contributed by atoms with Gasteiger partial charge in [0, 0.05) is 44.5 Å². The molecule has 0 atom stereocenters. The van der Waals surface area contributed by atoms with Crippen LogP contribution in [0.15, 0.2) is 53.3 Å². The number of amides is 1. The number of piperidine rings is 1. The number of carbonyl (C=O) groups excluding carboxylic acids is 2. The molecule has 36 heavy (non-hydrogen) atoms. The van der Waals surface area contributed by atoms with Gasteiger partial charge >= 0.3 is 0 Å². The van der Waals surface area contributed by atoms with E-state index < -0.39 is 5.60 Å². The largest absolute Gasteiger partial charge is 0.497 e. The van der Waals surface area contributed by atoms with E-state index in [0.29, 0.717) is 55.2 Å². The minimum Gasteiger partial charge on any atom is -0.497 e. The molecule has 1 spiro atoms. The molecule has 2 aliphatic heterocycles. The molecule has 0 radical (unpaired) electrons. The zero-order chi connectivity index (χ0) is 25.3. The summed E-state index contributed by atoms with van der Waals surface area (Å²) in [4.78, 5) is 47.1. The fourth-order valence-electron chi connectivity index (χ4n) is 4.80. The lowest BCUT2D eigenvalue weighted by molar-refractivity contribution is -0.00597. The van der Waals surface area contributed by atoms with Gasteiger partial charge in [0.1, 0.15) is 34.4 Å². The highest BCUT2D eigenvalue weighted by Gasteiger charge is 2.44. The van der Waals surface area contributed by atoms with Crippen molar-refractivity contribution in [2.75, 3.05) is 27.3 Å². The Morgan fingerprint density at radius 2 is 1.72 bits per heavy atom. The Morgan fingerprint density at radius 3 is 2.42 bits per heavy atom. The minimum atomic E-state index is -0.658. The summed E-state index contributed by atoms with van der Waals surface area (Å²) in [6.07, 6.45) is 1.65. The molecule has 186 valence electrons. The number of ether oxygens (including phenoxy) is 3. The van der Waals surface area contributed by atoms with E-state index >= 15 is 0 Å². The van der Waals surface area contributed by atoms with Gasteiger partial charge in [0.05, 0.1) is 26.2 Å². The second-order valence-corrected chi connectivity index (χ2v) is 9.14. The molecular formula is C27H27N3O6. The van der Waals surface area contributed by atoms with Gasteiger partial charge in [0.25, 0.3) is 11.5 Å². The number of H-pyrrole nitrogens is 1. The lowest BCUT2D eigenvalue weighted by Crippen LogP contribution is -2.52. The summed E-state index contributed by atoms with van der Waals surface area (Å²) in [6, 6.07) is 13.9. The maximum absolute atomic E-state index is 13.2. The summed E-state index contributed by atoms with van der Waals surface area (Å²) in [6.45, 7) is 0.793. The second kappa shape index (κ2) is 9.49. The maximum atomic E-state index is 13.2. The summed E-state index contributed by atoms with van der Waals surface area (Å²) in [7, 11) is 3.16. The molecule has 1 amide bonds. The third-order valence-electron chi connectivity index (χ3n) is 6.80. The number of hydrogen-bond acceptors (Lipinski definition) is 7. The molecule has 2 aromatic carbocycles. The Hall–Kier alpha value is -4.14. The molecule has 0 aliphatic carbocycles. The Kier molecular flexibility index (Phi) is 6.22. The average Bonchev–Trinajstić information content (AvgIpc) is 2.88. The number of nitrogens with zero attached hydrogens (tertiary/aromatic N) is 2. The second-order valence-electron chi connectivity index (χ2n) is 9.14. The van der Waals surface area contributed by atoms with Gasteiger partial charge in [-0.3, -0.25) is 14.4 Å². The Balaban J connectivity index is 1.28. The van der Waals surface area contributed by atoms with Crippen LogP contribution in [0.1, 0.15) is 51.5 Å². The summed E-state index contributed by atoms with van der Waals surface area (Å²) < 4.78 is 16.8. The van der Waals surface area contributed by atoms with Crippen LogP contribution >= 0.6 is 0 Å². The molecule has 9 heteroatoms. The number of ketones is 1. The van der Waals surface area contributed by atoms with Crippen LogP contribution in [0.2, 0.25) is 0 Å². The van der Waals surface area contributed by atoms with Gasteiger partial charge in [-0.2, -0.15) is 0 Å². The number of aromatic amines is 1. The molecule has 3 aromatic rings. The van der Waals surface area contributed by atoms with Crippen LogP contribution in [-0.2, 0) is 6.42 Å². The zero-order valence-electron chi connectivity index (χ0n) is 20.2. The number of Topliss-reactive ketones (excluding diaryl/α,β-unsaturated/α-hetero) is 1. The maximum Gasteiger partial charge on any atom is 0.272 e. The summed E-state index contributed by atoms with van der Waals surface area (Å²) >= 11 is 0. The van der Waals surface area contributed by atoms with E-state index in [2.05, 4.69) is 9.97 Å². The van der Waals surface area contributed by atoms with Crippen molar-refractivity contribution in [2.24, 2.45) is 0 Å². The molecule has 1 fully saturated rings. The third kappa shape index (κ3) is 4.68. The molecular weight excluding hydrogens is 462 g/mol. The van der Waals surface area contributed by atoms with Gasteiger partial charge < -0.3 is 24.1 Å². The van der Waals surface area contributed by atoms with Gasteiger partial charge in [-0.15, -0.1) is 0 Å². The average molecular weight is 490 g/mol. The Labute approximate surface area is 208 Å². The van der Waals surface area contributed by atoms with E-state index in [0.717, 1.165) is 11.3 Å². The number of benzene rings is 2. The third-order valence-corrected chi connectivity index (χ3v) is 6.80. The number of fused-ring (bicyclic) bond motifs is 1. The van der Waals surface area contributed by atoms with Crippen molar-refractivity contribution in [3.05, 3.63) is 81.5 Å². The summed E-state index contributed by atoms with van der Waals surface area (Å²) in [5, 5.41) is 0. The van der Waals surface area contributed by atoms with Crippen LogP contribution in [0.3, 0.4) is 0 Å². The molecule has 1 saturated heterocycles. The van der Waals surface area contributed by atoms with Gasteiger partial charge in [0.2, 0.25) is 0 Å². The number of nitrogens with one attached hydrogen (secondary N) is 1. The highest BCUT2D eigenvalue weighted by Crippen LogP contribution is 2.40. The van der Waals surface area contributed by atoms with Gasteiger partial charge in [-0.05, 0) is 29.8 Å². The predicted molar refractivity (Wildman–Crippen MR) is 131 cm³/mol. The van der Waals surface area contributed by atoms with Crippen LogP contribution in [0.5, 0.6) is 17.2 Å². The lowest BCUT2D eigenvalue weighted by Gasteiger charge is -2.43. The van der Waals surface area contributed by atoms with Gasteiger partial charge in [-0.1, -0.05) is 12.1 Å². The molecule has 9 nitrogen and oxygen atoms in total. The highest BCUT2D eigenvalue weighted by molar-refractivity contribution is 6.00. The molecule has 1 aromatic heterocycles. The van der Waals surface area contributed by atoms with E-state index in [9.17, 15) is 14.4 Å². The summed E-state index contributed by atoms with van der Waals surface area (Å²) in [5.41, 5.74) is 0.552. The first kappa shape index (κ1) is 23.6. The van der Waals surface area contributed by atoms with Gasteiger partial charge in [-0.25, -0.2) is 4.98 Å². The number of carbonyl (C=O) groups is 2. The molecule has 0 unspecified atom stereocenters. The van der Waals surface area contributed by atoms with Crippen molar-refractivity contribution in [3.63, 3.8) is 0 Å². The van der Waals surface area contributed by atoms with Crippen molar-refractivity contribution in [3.8, 4) is 17.2 Å². The van der Waals surface area contributed by atoms with E-state index in [-0.39, 0.29) is 29.4 Å². The van der Waals surface area contributed by atoms with E-state index in [1.165, 1.54) is 6.07 Å². The predicted octanol–water partition coefficient (Wildman–Crippen LogP) is 3.02. The molecule has 0 bridgehead atoms. The van der Waals surface area contributed by atoms with Crippen LogP contribution in [0.25, 0.3) is 0 Å². The zero-order valence-corrected chi connectivity index (χ0v) is 20.2. The number of hydrogen-bond donors (Lipinski definition) is 1. The van der Waals surface area contributed by atoms with E-state index in [1.807, 2.05) is 24.3 Å². The monoisotopic (exact) mass is 489 g/mol. The number of methoxy groups -OCH3 is 2. The lowest BCUT2D eigenvalue weighted by atomic mass is 9.82. The first-order valence-corrected chi connectivity index (χ1v) is 11.8. The van der Waals surface area contributed by atoms with Crippen LogP contribution in [-0.4, -0.2) is 59.5 Å². The van der Waals surface area contributed by atoms with Crippen molar-refractivity contribution in [1.82, 2.24) is 14.9 Å². The smallest absolute Gasteiger partial charge is 0.272 e. The van der Waals surface area contributed by atoms with E-state index in [4.69, 9.17) is 14.2 Å². The SMILES string of the molecule is COc1ccc(Cc2nc(C(=O)N3CCC4(CC3)CC(=O)c3ccc(OC)cc3O4)cc(=O)[nH]2)cc1. The normalized spacial score (nSPS) is 16.3.